The van der Waals surface area contributed by atoms with Gasteiger partial charge in [0.05, 0.1) is 4.90 Å². The molecule has 0 saturated heterocycles. The zero-order chi connectivity index (χ0) is 21.6. The molecule has 0 amide bonds. The van der Waals surface area contributed by atoms with Gasteiger partial charge < -0.3 is 5.32 Å². The average Bonchev–Trinajstić information content (AvgIpc) is 2.74. The summed E-state index contributed by atoms with van der Waals surface area (Å²) >= 11 is 7.17. The van der Waals surface area contributed by atoms with Crippen molar-refractivity contribution in [3.05, 3.63) is 105 Å². The monoisotopic (exact) mass is 458 g/mol. The average molecular weight is 459 g/mol. The van der Waals surface area contributed by atoms with E-state index in [9.17, 15) is 18.1 Å². The number of allylic oxidation sites excluding steroid dienone is 1. The quantitative estimate of drug-likeness (QED) is 0.440. The highest BCUT2D eigenvalue weighted by Crippen LogP contribution is 2.31. The molecule has 0 radical (unpaired) electrons. The summed E-state index contributed by atoms with van der Waals surface area (Å²) in [4.78, 5) is -0.380. The second-order valence-electron chi connectivity index (χ2n) is 6.14. The maximum atomic E-state index is 13.2. The van der Waals surface area contributed by atoms with Crippen LogP contribution in [-0.4, -0.2) is 8.42 Å². The van der Waals surface area contributed by atoms with Gasteiger partial charge >= 0.3 is 0 Å². The molecule has 8 heteroatoms. The summed E-state index contributed by atoms with van der Waals surface area (Å²) in [6.07, 6.45) is 0. The number of rotatable bonds is 7. The van der Waals surface area contributed by atoms with Gasteiger partial charge in [0, 0.05) is 16.5 Å². The fourth-order valence-electron chi connectivity index (χ4n) is 2.54. The minimum absolute atomic E-state index is 0.0225. The minimum Gasteiger partial charge on any atom is -0.348 e. The van der Waals surface area contributed by atoms with Crippen LogP contribution in [0.15, 0.2) is 93.7 Å². The summed E-state index contributed by atoms with van der Waals surface area (Å²) in [7, 11) is -4.05. The molecule has 0 aliphatic carbocycles. The maximum Gasteiger partial charge on any atom is 0.219 e. The zero-order valence-corrected chi connectivity index (χ0v) is 17.9. The molecule has 1 N–H and O–H groups in total. The SMILES string of the molecule is N#C/C(=C(/Nc1cccc(Cl)c1)SCc1ccc(F)cc1)S(=O)(=O)c1ccccc1. The fourth-order valence-corrected chi connectivity index (χ4v) is 5.28. The Bertz CT molecular complexity index is 1210. The molecule has 0 bridgehead atoms. The lowest BCUT2D eigenvalue weighted by atomic mass is 10.2. The van der Waals surface area contributed by atoms with Crippen molar-refractivity contribution < 1.29 is 12.8 Å². The molecule has 3 aromatic rings. The Kier molecular flexibility index (Phi) is 7.16. The largest absolute Gasteiger partial charge is 0.348 e. The van der Waals surface area contributed by atoms with Gasteiger partial charge in [0.2, 0.25) is 9.84 Å². The van der Waals surface area contributed by atoms with E-state index in [1.54, 1.807) is 54.6 Å². The van der Waals surface area contributed by atoms with Gasteiger partial charge in [-0.25, -0.2) is 12.8 Å². The first-order chi connectivity index (χ1) is 14.4. The van der Waals surface area contributed by atoms with Crippen molar-refractivity contribution in [1.82, 2.24) is 0 Å². The van der Waals surface area contributed by atoms with E-state index >= 15 is 0 Å². The lowest BCUT2D eigenvalue weighted by Gasteiger charge is -2.14. The van der Waals surface area contributed by atoms with Crippen molar-refractivity contribution in [2.45, 2.75) is 10.6 Å². The number of hydrogen-bond acceptors (Lipinski definition) is 5. The predicted molar refractivity (Wildman–Crippen MR) is 119 cm³/mol. The van der Waals surface area contributed by atoms with E-state index in [0.717, 1.165) is 17.3 Å². The first-order valence-corrected chi connectivity index (χ1v) is 11.6. The van der Waals surface area contributed by atoms with Crippen LogP contribution in [0.5, 0.6) is 0 Å². The van der Waals surface area contributed by atoms with Crippen LogP contribution in [0.25, 0.3) is 0 Å². The molecule has 0 aliphatic heterocycles. The third-order valence-electron chi connectivity index (χ3n) is 4.01. The topological polar surface area (TPSA) is 70.0 Å². The number of anilines is 1. The molecule has 0 aliphatic rings. The van der Waals surface area contributed by atoms with Crippen LogP contribution in [0.1, 0.15) is 5.56 Å². The van der Waals surface area contributed by atoms with Gasteiger partial charge in [-0.3, -0.25) is 0 Å². The third-order valence-corrected chi connectivity index (χ3v) is 7.17. The number of nitrogens with one attached hydrogen (secondary N) is 1. The van der Waals surface area contributed by atoms with Gasteiger partial charge in [-0.2, -0.15) is 5.26 Å². The van der Waals surface area contributed by atoms with Crippen molar-refractivity contribution in [2.24, 2.45) is 0 Å². The van der Waals surface area contributed by atoms with Crippen LogP contribution in [0.4, 0.5) is 10.1 Å². The van der Waals surface area contributed by atoms with Crippen LogP contribution in [0.2, 0.25) is 5.02 Å². The van der Waals surface area contributed by atoms with E-state index in [0.29, 0.717) is 16.5 Å². The normalized spacial score (nSPS) is 12.0. The number of nitriles is 1. The predicted octanol–water partition coefficient (Wildman–Crippen LogP) is 5.99. The summed E-state index contributed by atoms with van der Waals surface area (Å²) in [6, 6.07) is 22.2. The summed E-state index contributed by atoms with van der Waals surface area (Å²) in [5.74, 6) is -0.0282. The van der Waals surface area contributed by atoms with Gasteiger partial charge in [0.25, 0.3) is 0 Å². The molecule has 0 spiro atoms. The summed E-state index contributed by atoms with van der Waals surface area (Å²) in [5.41, 5.74) is 1.32. The highest BCUT2D eigenvalue weighted by molar-refractivity contribution is 8.04. The Morgan fingerprint density at radius 1 is 1.03 bits per heavy atom. The molecule has 0 fully saturated rings. The van der Waals surface area contributed by atoms with Crippen LogP contribution >= 0.6 is 23.4 Å². The van der Waals surface area contributed by atoms with Crippen molar-refractivity contribution in [3.63, 3.8) is 0 Å². The standard InChI is InChI=1S/C22H16ClFN2O2S2/c23-17-5-4-6-19(13-17)26-22(29-15-16-9-11-18(24)12-10-16)21(14-25)30(27,28)20-7-2-1-3-8-20/h1-13,26H,15H2/b22-21+. The molecule has 0 saturated carbocycles. The molecule has 3 aromatic carbocycles. The number of nitrogens with zero attached hydrogens (tertiary/aromatic N) is 1. The molecule has 0 unspecified atom stereocenters. The second-order valence-corrected chi connectivity index (χ2v) is 9.45. The van der Waals surface area contributed by atoms with E-state index in [1.807, 2.05) is 6.07 Å². The molecular weight excluding hydrogens is 443 g/mol. The van der Waals surface area contributed by atoms with E-state index in [4.69, 9.17) is 11.6 Å². The molecule has 0 atom stereocenters. The van der Waals surface area contributed by atoms with Gasteiger partial charge in [-0.05, 0) is 48.0 Å². The Morgan fingerprint density at radius 3 is 2.37 bits per heavy atom. The highest BCUT2D eigenvalue weighted by Gasteiger charge is 2.25. The molecule has 152 valence electrons. The molecule has 4 nitrogen and oxygen atoms in total. The molecule has 0 aromatic heterocycles. The number of hydrogen-bond donors (Lipinski definition) is 1. The number of sulfone groups is 1. The summed E-state index contributed by atoms with van der Waals surface area (Å²) in [5, 5.41) is 13.4. The Balaban J connectivity index is 2.03. The van der Waals surface area contributed by atoms with Gasteiger partial charge in [0.1, 0.15) is 16.9 Å². The van der Waals surface area contributed by atoms with E-state index in [2.05, 4.69) is 5.32 Å². The maximum absolute atomic E-state index is 13.2. The summed E-state index contributed by atoms with van der Waals surface area (Å²) in [6.45, 7) is 0. The van der Waals surface area contributed by atoms with Crippen LogP contribution < -0.4 is 5.32 Å². The van der Waals surface area contributed by atoms with Gasteiger partial charge in [-0.1, -0.05) is 48.0 Å². The summed E-state index contributed by atoms with van der Waals surface area (Å²) < 4.78 is 39.4. The van der Waals surface area contributed by atoms with Gasteiger partial charge in [-0.15, -0.1) is 11.8 Å². The lowest BCUT2D eigenvalue weighted by Crippen LogP contribution is -2.10. The Morgan fingerprint density at radius 2 is 1.73 bits per heavy atom. The molecule has 0 heterocycles. The van der Waals surface area contributed by atoms with Crippen LogP contribution in [0.3, 0.4) is 0 Å². The van der Waals surface area contributed by atoms with Crippen LogP contribution in [-0.2, 0) is 15.6 Å². The van der Waals surface area contributed by atoms with Gasteiger partial charge in [0.15, 0.2) is 4.91 Å². The Hall–Kier alpha value is -2.79. The number of benzene rings is 3. The minimum atomic E-state index is -4.05. The number of halogens is 2. The van der Waals surface area contributed by atoms with Crippen molar-refractivity contribution in [1.29, 1.82) is 5.26 Å². The Labute approximate surface area is 183 Å². The fraction of sp³-hybridized carbons (Fsp3) is 0.0455. The first kappa shape index (κ1) is 21.9. The van der Waals surface area contributed by atoms with E-state index < -0.39 is 14.7 Å². The second kappa shape index (κ2) is 9.81. The first-order valence-electron chi connectivity index (χ1n) is 8.74. The highest BCUT2D eigenvalue weighted by atomic mass is 35.5. The van der Waals surface area contributed by atoms with Crippen molar-refractivity contribution in [2.75, 3.05) is 5.32 Å². The lowest BCUT2D eigenvalue weighted by molar-refractivity contribution is 0.603. The van der Waals surface area contributed by atoms with Crippen LogP contribution in [0, 0.1) is 17.1 Å². The molecule has 3 rings (SSSR count). The van der Waals surface area contributed by atoms with E-state index in [1.165, 1.54) is 24.3 Å². The van der Waals surface area contributed by atoms with Crippen molar-refractivity contribution >= 4 is 38.9 Å². The molecular formula is C22H16ClFN2O2S2. The number of thioether (sulfide) groups is 1. The molecule has 30 heavy (non-hydrogen) atoms. The zero-order valence-electron chi connectivity index (χ0n) is 15.5. The van der Waals surface area contributed by atoms with E-state index in [-0.39, 0.29) is 15.7 Å². The smallest absolute Gasteiger partial charge is 0.219 e. The third kappa shape index (κ3) is 5.42. The van der Waals surface area contributed by atoms with Crippen molar-refractivity contribution in [3.8, 4) is 6.07 Å².